The minimum absolute atomic E-state index is 0.121. The number of benzene rings is 2. The highest BCUT2D eigenvalue weighted by Gasteiger charge is 2.31. The summed E-state index contributed by atoms with van der Waals surface area (Å²) in [6.07, 6.45) is 4.00. The topological polar surface area (TPSA) is 150 Å². The van der Waals surface area contributed by atoms with E-state index in [0.29, 0.717) is 43.9 Å². The predicted octanol–water partition coefficient (Wildman–Crippen LogP) is 2.11. The molecule has 1 saturated heterocycles. The number of aliphatic hydroxyl groups is 1. The van der Waals surface area contributed by atoms with Gasteiger partial charge in [0, 0.05) is 50.0 Å². The third-order valence-corrected chi connectivity index (χ3v) is 9.29. The zero-order valence-corrected chi connectivity index (χ0v) is 24.1. The molecule has 0 spiro atoms. The van der Waals surface area contributed by atoms with Crippen LogP contribution in [0.1, 0.15) is 41.3 Å². The molecule has 4 N–H and O–H groups in total. The van der Waals surface area contributed by atoms with Gasteiger partial charge in [0.25, 0.3) is 22.4 Å². The minimum atomic E-state index is -3.55. The van der Waals surface area contributed by atoms with E-state index >= 15 is 0 Å². The van der Waals surface area contributed by atoms with Crippen molar-refractivity contribution < 1.29 is 33.0 Å². The number of nitrogens with zero attached hydrogens (tertiary/aromatic N) is 2. The summed E-state index contributed by atoms with van der Waals surface area (Å²) in [5.41, 5.74) is 3.66. The molecule has 11 nitrogen and oxygen atoms in total. The summed E-state index contributed by atoms with van der Waals surface area (Å²) < 4.78 is 34.0. The molecular weight excluding hydrogens is 548 g/mol. The number of ether oxygens (including phenoxy) is 1. The van der Waals surface area contributed by atoms with Gasteiger partial charge in [-0.25, -0.2) is 8.42 Å². The van der Waals surface area contributed by atoms with Crippen LogP contribution >= 0.6 is 0 Å². The molecule has 2 aliphatic rings. The average Bonchev–Trinajstić information content (AvgIpc) is 3.32. The average molecular weight is 587 g/mol. The van der Waals surface area contributed by atoms with Crippen molar-refractivity contribution in [2.24, 2.45) is 0 Å². The number of carbonyl (C=O) groups is 2. The quantitative estimate of drug-likeness (QED) is 0.279. The minimum Gasteiger partial charge on any atom is -0.483 e. The lowest BCUT2D eigenvalue weighted by atomic mass is 9.99. The van der Waals surface area contributed by atoms with Gasteiger partial charge >= 0.3 is 0 Å². The number of rotatable bonds is 9. The molecule has 3 heterocycles. The zero-order valence-electron chi connectivity index (χ0n) is 23.3. The van der Waals surface area contributed by atoms with Crippen molar-refractivity contribution in [2.75, 3.05) is 31.1 Å². The Balaban J connectivity index is 0.00000124. The van der Waals surface area contributed by atoms with Gasteiger partial charge in [0.15, 0.2) is 0 Å². The Morgan fingerprint density at radius 1 is 1.20 bits per heavy atom. The molecule has 0 unspecified atom stereocenters. The number of nitrogens with one attached hydrogen (secondary N) is 2. The van der Waals surface area contributed by atoms with Crippen LogP contribution in [0.4, 0.5) is 5.69 Å². The highest BCUT2D eigenvalue weighted by molar-refractivity contribution is 7.91. The molecule has 2 aromatic carbocycles. The van der Waals surface area contributed by atoms with Crippen LogP contribution in [0.5, 0.6) is 0 Å². The number of aromatic nitrogens is 1. The lowest BCUT2D eigenvalue weighted by molar-refractivity contribution is -0.122. The number of carboxylic acid groups (broad SMARTS) is 1. The molecule has 1 amide bonds. The van der Waals surface area contributed by atoms with Crippen LogP contribution in [-0.2, 0) is 38.3 Å². The van der Waals surface area contributed by atoms with Crippen LogP contribution in [0.15, 0.2) is 48.7 Å². The van der Waals surface area contributed by atoms with E-state index in [9.17, 15) is 18.3 Å². The lowest BCUT2D eigenvalue weighted by Crippen LogP contribution is -2.50. The van der Waals surface area contributed by atoms with Crippen LogP contribution in [0.2, 0.25) is 0 Å². The van der Waals surface area contributed by atoms with Gasteiger partial charge in [-0.15, -0.1) is 0 Å². The van der Waals surface area contributed by atoms with Gasteiger partial charge in [0.2, 0.25) is 0 Å². The van der Waals surface area contributed by atoms with Crippen molar-refractivity contribution >= 4 is 39.0 Å². The Labute approximate surface area is 240 Å². The summed E-state index contributed by atoms with van der Waals surface area (Å²) in [6.45, 7) is 3.51. The van der Waals surface area contributed by atoms with Gasteiger partial charge in [0.1, 0.15) is 5.88 Å². The number of hydrogen-bond donors (Lipinski definition) is 4. The third kappa shape index (κ3) is 7.07. The van der Waals surface area contributed by atoms with E-state index in [2.05, 4.69) is 10.6 Å². The molecule has 12 heteroatoms. The molecule has 222 valence electrons. The number of hydrogen-bond acceptors (Lipinski definition) is 7. The predicted molar refractivity (Wildman–Crippen MR) is 157 cm³/mol. The van der Waals surface area contributed by atoms with Gasteiger partial charge in [-0.1, -0.05) is 37.3 Å². The highest BCUT2D eigenvalue weighted by atomic mass is 32.2. The van der Waals surface area contributed by atoms with Crippen LogP contribution in [0.25, 0.3) is 10.9 Å². The Hall–Kier alpha value is -3.45. The van der Waals surface area contributed by atoms with Crippen molar-refractivity contribution in [2.45, 2.75) is 56.7 Å². The standard InChI is InChI=1S/C28H36N4O5S.CH2O2/c1-3-20-17-32-18-38(35,36)31(2)25-15-21(14-23(20)27(25)32)28(34)30-24(13-19-7-5-4-6-8-19)26(33)16-29-22-9-11-37-12-10-22;2-1-3/h4-8,14-15,17,22,24,26,29,33H,3,9-13,16,18H2,1-2H3,(H,30,34);1H,(H,2,3)/t24-,26+;/m0./s1. The molecule has 2 aliphatic heterocycles. The molecule has 41 heavy (non-hydrogen) atoms. The smallest absolute Gasteiger partial charge is 0.290 e. The number of sulfonamides is 1. The Morgan fingerprint density at radius 3 is 2.54 bits per heavy atom. The Bertz CT molecular complexity index is 1450. The number of amides is 1. The molecule has 5 rings (SSSR count). The maximum atomic E-state index is 13.6. The van der Waals surface area contributed by atoms with Gasteiger partial charge in [-0.2, -0.15) is 0 Å². The van der Waals surface area contributed by atoms with Crippen molar-refractivity contribution in [1.29, 1.82) is 0 Å². The zero-order chi connectivity index (χ0) is 29.6. The summed E-state index contributed by atoms with van der Waals surface area (Å²) in [6, 6.07) is 13.0. The first kappa shape index (κ1) is 30.5. The molecule has 3 aromatic rings. The first-order chi connectivity index (χ1) is 19.7. The molecule has 0 aliphatic carbocycles. The van der Waals surface area contributed by atoms with Crippen molar-refractivity contribution in [3.05, 3.63) is 65.4 Å². The number of aliphatic hydroxyl groups excluding tert-OH is 1. The first-order valence-corrected chi connectivity index (χ1v) is 15.3. The van der Waals surface area contributed by atoms with E-state index in [0.717, 1.165) is 34.9 Å². The van der Waals surface area contributed by atoms with Crippen molar-refractivity contribution in [3.8, 4) is 0 Å². The van der Waals surface area contributed by atoms with Crippen LogP contribution in [0.3, 0.4) is 0 Å². The maximum absolute atomic E-state index is 13.6. The van der Waals surface area contributed by atoms with Gasteiger partial charge in [-0.05, 0) is 48.9 Å². The monoisotopic (exact) mass is 586 g/mol. The second-order valence-electron chi connectivity index (χ2n) is 10.3. The molecule has 0 bridgehead atoms. The van der Waals surface area contributed by atoms with E-state index < -0.39 is 22.2 Å². The largest absolute Gasteiger partial charge is 0.483 e. The molecule has 0 radical (unpaired) electrons. The second kappa shape index (κ2) is 13.5. The summed E-state index contributed by atoms with van der Waals surface area (Å²) in [5.74, 6) is -0.468. The van der Waals surface area contributed by atoms with Crippen LogP contribution in [-0.4, -0.2) is 80.6 Å². The van der Waals surface area contributed by atoms with E-state index in [-0.39, 0.29) is 24.3 Å². The van der Waals surface area contributed by atoms with E-state index in [1.165, 1.54) is 11.4 Å². The summed E-state index contributed by atoms with van der Waals surface area (Å²) in [5, 5.41) is 25.4. The SMILES string of the molecule is CCc1cn2c3c(cc(C(=O)N[C@@H](Cc4ccccc4)[C@H](O)CNC4CCOCC4)cc13)N(C)S(=O)(=O)C2.O=CO. The fraction of sp³-hybridized carbons (Fsp3) is 0.448. The molecule has 1 aromatic heterocycles. The van der Waals surface area contributed by atoms with Crippen molar-refractivity contribution in [1.82, 2.24) is 15.2 Å². The fourth-order valence-corrected chi connectivity index (χ4v) is 6.56. The van der Waals surface area contributed by atoms with Gasteiger partial charge in [-0.3, -0.25) is 13.9 Å². The lowest BCUT2D eigenvalue weighted by Gasteiger charge is -2.29. The number of carbonyl (C=O) groups excluding carboxylic acids is 1. The van der Waals surface area contributed by atoms with Crippen molar-refractivity contribution in [3.63, 3.8) is 0 Å². The summed E-state index contributed by atoms with van der Waals surface area (Å²) in [7, 11) is -2.02. The number of aryl methyl sites for hydroxylation is 1. The van der Waals surface area contributed by atoms with Crippen LogP contribution < -0.4 is 14.9 Å². The normalized spacial score (nSPS) is 17.8. The molecular formula is C29H38N4O7S. The molecule has 0 saturated carbocycles. The first-order valence-electron chi connectivity index (χ1n) is 13.7. The summed E-state index contributed by atoms with van der Waals surface area (Å²) in [4.78, 5) is 22.0. The van der Waals surface area contributed by atoms with E-state index in [1.54, 1.807) is 10.6 Å². The number of anilines is 1. The van der Waals surface area contributed by atoms with Gasteiger partial charge < -0.3 is 30.2 Å². The van der Waals surface area contributed by atoms with E-state index in [1.807, 2.05) is 49.5 Å². The molecule has 2 atom stereocenters. The highest BCUT2D eigenvalue weighted by Crippen LogP contribution is 2.37. The third-order valence-electron chi connectivity index (χ3n) is 7.65. The fourth-order valence-electron chi connectivity index (χ4n) is 5.39. The molecule has 1 fully saturated rings. The Morgan fingerprint density at radius 2 is 1.88 bits per heavy atom. The maximum Gasteiger partial charge on any atom is 0.290 e. The van der Waals surface area contributed by atoms with Gasteiger partial charge in [0.05, 0.1) is 23.3 Å². The Kier molecular flexibility index (Phi) is 10.0. The van der Waals surface area contributed by atoms with Crippen LogP contribution in [0, 0.1) is 0 Å². The summed E-state index contributed by atoms with van der Waals surface area (Å²) >= 11 is 0. The van der Waals surface area contributed by atoms with E-state index in [4.69, 9.17) is 14.6 Å². The second-order valence-corrected chi connectivity index (χ2v) is 12.3.